The van der Waals surface area contributed by atoms with E-state index in [2.05, 4.69) is 29.8 Å². The Bertz CT molecular complexity index is 649. The molecule has 0 saturated carbocycles. The first kappa shape index (κ1) is 15.3. The molecular formula is C17H22N2O2. The Labute approximate surface area is 125 Å². The Kier molecular flexibility index (Phi) is 4.78. The van der Waals surface area contributed by atoms with Crippen LogP contribution in [0.5, 0.6) is 0 Å². The first-order valence-corrected chi connectivity index (χ1v) is 7.32. The van der Waals surface area contributed by atoms with Crippen LogP contribution in [0.15, 0.2) is 24.3 Å². The molecule has 0 amide bonds. The Morgan fingerprint density at radius 1 is 1.24 bits per heavy atom. The summed E-state index contributed by atoms with van der Waals surface area (Å²) < 4.78 is 4.84. The first-order valence-electron chi connectivity index (χ1n) is 7.32. The third-order valence-electron chi connectivity index (χ3n) is 3.80. The third kappa shape index (κ3) is 2.99. The lowest BCUT2D eigenvalue weighted by atomic mass is 10.0. The number of hydrogen-bond donors (Lipinski definition) is 0. The number of aryl methyl sites for hydroxylation is 1. The number of esters is 1. The fourth-order valence-corrected chi connectivity index (χ4v) is 2.68. The lowest BCUT2D eigenvalue weighted by Gasteiger charge is -2.26. The van der Waals surface area contributed by atoms with Crippen LogP contribution in [0.3, 0.4) is 0 Å². The van der Waals surface area contributed by atoms with E-state index in [0.717, 1.165) is 40.9 Å². The number of pyridine rings is 1. The molecule has 1 aromatic heterocycles. The van der Waals surface area contributed by atoms with Crippen molar-refractivity contribution in [1.82, 2.24) is 4.98 Å². The molecule has 1 heterocycles. The summed E-state index contributed by atoms with van der Waals surface area (Å²) in [6, 6.07) is 8.07. The van der Waals surface area contributed by atoms with E-state index in [1.54, 1.807) is 0 Å². The largest absolute Gasteiger partial charge is 0.469 e. The Hall–Kier alpha value is -2.10. The number of carbonyl (C=O) groups excluding carboxylic acids is 1. The number of anilines is 1. The molecule has 4 heteroatoms. The summed E-state index contributed by atoms with van der Waals surface area (Å²) in [5.74, 6) is -0.233. The molecule has 0 unspecified atom stereocenters. The minimum atomic E-state index is -0.233. The first-order chi connectivity index (χ1) is 10.1. The summed E-state index contributed by atoms with van der Waals surface area (Å²) >= 11 is 0. The van der Waals surface area contributed by atoms with Gasteiger partial charge in [-0.1, -0.05) is 18.2 Å². The van der Waals surface area contributed by atoms with Crippen LogP contribution in [0.2, 0.25) is 0 Å². The van der Waals surface area contributed by atoms with Gasteiger partial charge in [0.05, 0.1) is 24.7 Å². The molecule has 0 aliphatic heterocycles. The zero-order valence-corrected chi connectivity index (χ0v) is 13.1. The van der Waals surface area contributed by atoms with Gasteiger partial charge < -0.3 is 9.64 Å². The van der Waals surface area contributed by atoms with Crippen LogP contribution in [-0.4, -0.2) is 31.2 Å². The van der Waals surface area contributed by atoms with Crippen molar-refractivity contribution >= 4 is 22.6 Å². The number of methoxy groups -OCH3 is 1. The Balaban J connectivity index is 2.72. The van der Waals surface area contributed by atoms with Crippen LogP contribution in [-0.2, 0) is 16.0 Å². The predicted octanol–water partition coefficient (Wildman–Crippen LogP) is 3.10. The lowest BCUT2D eigenvalue weighted by molar-refractivity contribution is -0.139. The number of fused-ring (bicyclic) bond motifs is 1. The molecule has 112 valence electrons. The summed E-state index contributed by atoms with van der Waals surface area (Å²) in [7, 11) is 1.42. The zero-order valence-electron chi connectivity index (χ0n) is 13.1. The molecule has 4 nitrogen and oxygen atoms in total. The molecule has 0 spiro atoms. The second-order valence-corrected chi connectivity index (χ2v) is 4.97. The number of ether oxygens (including phenoxy) is 1. The molecule has 0 radical (unpaired) electrons. The van der Waals surface area contributed by atoms with E-state index in [0.29, 0.717) is 0 Å². The van der Waals surface area contributed by atoms with E-state index in [1.165, 1.54) is 7.11 Å². The lowest BCUT2D eigenvalue weighted by Crippen LogP contribution is -2.25. The number of hydrogen-bond acceptors (Lipinski definition) is 4. The van der Waals surface area contributed by atoms with Gasteiger partial charge in [0.1, 0.15) is 0 Å². The highest BCUT2D eigenvalue weighted by atomic mass is 16.5. The van der Waals surface area contributed by atoms with Gasteiger partial charge in [-0.05, 0) is 26.8 Å². The van der Waals surface area contributed by atoms with Crippen molar-refractivity contribution in [2.45, 2.75) is 27.2 Å². The van der Waals surface area contributed by atoms with Crippen molar-refractivity contribution in [2.24, 2.45) is 0 Å². The average Bonchev–Trinajstić information content (AvgIpc) is 2.50. The topological polar surface area (TPSA) is 42.4 Å². The maximum absolute atomic E-state index is 11.8. The van der Waals surface area contributed by atoms with Crippen LogP contribution in [0.1, 0.15) is 25.1 Å². The molecule has 2 rings (SSSR count). The monoisotopic (exact) mass is 286 g/mol. The van der Waals surface area contributed by atoms with E-state index in [9.17, 15) is 4.79 Å². The summed E-state index contributed by atoms with van der Waals surface area (Å²) in [5.41, 5.74) is 3.92. The quantitative estimate of drug-likeness (QED) is 0.792. The van der Waals surface area contributed by atoms with Crippen LogP contribution in [0.4, 0.5) is 5.69 Å². The Morgan fingerprint density at radius 2 is 1.90 bits per heavy atom. The van der Waals surface area contributed by atoms with Gasteiger partial charge in [0.15, 0.2) is 0 Å². The van der Waals surface area contributed by atoms with E-state index < -0.39 is 0 Å². The molecule has 0 bridgehead atoms. The molecule has 0 atom stereocenters. The third-order valence-corrected chi connectivity index (χ3v) is 3.80. The summed E-state index contributed by atoms with van der Waals surface area (Å²) in [6.45, 7) is 7.97. The minimum Gasteiger partial charge on any atom is -0.469 e. The predicted molar refractivity (Wildman–Crippen MR) is 85.8 cm³/mol. The van der Waals surface area contributed by atoms with Crippen molar-refractivity contribution in [3.8, 4) is 0 Å². The van der Waals surface area contributed by atoms with Gasteiger partial charge in [-0.15, -0.1) is 0 Å². The fourth-order valence-electron chi connectivity index (χ4n) is 2.68. The van der Waals surface area contributed by atoms with E-state index in [4.69, 9.17) is 4.74 Å². The SMILES string of the molecule is CCN(CC)c1c(CC(=O)OC)c(C)nc2ccccc12. The molecule has 21 heavy (non-hydrogen) atoms. The molecule has 1 aromatic carbocycles. The molecule has 2 aromatic rings. The molecule has 0 aliphatic carbocycles. The van der Waals surface area contributed by atoms with Crippen LogP contribution in [0, 0.1) is 6.92 Å². The highest BCUT2D eigenvalue weighted by Crippen LogP contribution is 2.32. The van der Waals surface area contributed by atoms with Gasteiger partial charge in [0.25, 0.3) is 0 Å². The van der Waals surface area contributed by atoms with Crippen molar-refractivity contribution in [1.29, 1.82) is 0 Å². The average molecular weight is 286 g/mol. The van der Waals surface area contributed by atoms with Gasteiger partial charge in [0.2, 0.25) is 0 Å². The second kappa shape index (κ2) is 6.57. The normalized spacial score (nSPS) is 10.7. The number of carbonyl (C=O) groups is 1. The van der Waals surface area contributed by atoms with Crippen LogP contribution < -0.4 is 4.90 Å². The van der Waals surface area contributed by atoms with Crippen molar-refractivity contribution < 1.29 is 9.53 Å². The smallest absolute Gasteiger partial charge is 0.310 e. The molecule has 0 saturated heterocycles. The second-order valence-electron chi connectivity index (χ2n) is 4.97. The summed E-state index contributed by atoms with van der Waals surface area (Å²) in [6.07, 6.45) is 0.256. The highest BCUT2D eigenvalue weighted by Gasteiger charge is 2.19. The number of rotatable bonds is 5. The van der Waals surface area contributed by atoms with Gasteiger partial charge >= 0.3 is 5.97 Å². The number of aromatic nitrogens is 1. The van der Waals surface area contributed by atoms with Crippen molar-refractivity contribution in [2.75, 3.05) is 25.1 Å². The van der Waals surface area contributed by atoms with Gasteiger partial charge in [0, 0.05) is 29.7 Å². The number of nitrogens with zero attached hydrogens (tertiary/aromatic N) is 2. The zero-order chi connectivity index (χ0) is 15.4. The highest BCUT2D eigenvalue weighted by molar-refractivity contribution is 5.95. The maximum atomic E-state index is 11.8. The van der Waals surface area contributed by atoms with Crippen molar-refractivity contribution in [3.05, 3.63) is 35.5 Å². The molecule has 0 N–H and O–H groups in total. The molecular weight excluding hydrogens is 264 g/mol. The van der Waals surface area contributed by atoms with Crippen LogP contribution in [0.25, 0.3) is 10.9 Å². The Morgan fingerprint density at radius 3 is 2.52 bits per heavy atom. The number of benzene rings is 1. The summed E-state index contributed by atoms with van der Waals surface area (Å²) in [4.78, 5) is 18.7. The number of para-hydroxylation sites is 1. The van der Waals surface area contributed by atoms with Gasteiger partial charge in [-0.3, -0.25) is 9.78 Å². The fraction of sp³-hybridized carbons (Fsp3) is 0.412. The van der Waals surface area contributed by atoms with Gasteiger partial charge in [-0.25, -0.2) is 0 Å². The van der Waals surface area contributed by atoms with Crippen molar-refractivity contribution in [3.63, 3.8) is 0 Å². The van der Waals surface area contributed by atoms with E-state index in [1.807, 2.05) is 25.1 Å². The molecule has 0 fully saturated rings. The molecule has 0 aliphatic rings. The standard InChI is InChI=1S/C17H22N2O2/c1-5-19(6-2)17-13-9-7-8-10-15(13)18-12(3)14(17)11-16(20)21-4/h7-10H,5-6,11H2,1-4H3. The summed E-state index contributed by atoms with van der Waals surface area (Å²) in [5, 5.41) is 1.09. The van der Waals surface area contributed by atoms with Crippen LogP contribution >= 0.6 is 0 Å². The van der Waals surface area contributed by atoms with Gasteiger partial charge in [-0.2, -0.15) is 0 Å². The van der Waals surface area contributed by atoms with E-state index >= 15 is 0 Å². The van der Waals surface area contributed by atoms with E-state index in [-0.39, 0.29) is 12.4 Å². The maximum Gasteiger partial charge on any atom is 0.310 e. The minimum absolute atomic E-state index is 0.233.